The van der Waals surface area contributed by atoms with Crippen molar-refractivity contribution in [3.63, 3.8) is 0 Å². The molecule has 0 saturated heterocycles. The van der Waals surface area contributed by atoms with Gasteiger partial charge < -0.3 is 15.4 Å². The summed E-state index contributed by atoms with van der Waals surface area (Å²) in [4.78, 5) is 31.6. The molecule has 2 amide bonds. The second-order valence-electron chi connectivity index (χ2n) is 9.25. The highest BCUT2D eigenvalue weighted by Gasteiger charge is 2.55. The number of aromatic nitrogens is 5. The number of pyridine rings is 1. The monoisotopic (exact) mass is 615 g/mol. The number of carbonyl (C=O) groups is 2. The van der Waals surface area contributed by atoms with E-state index in [-0.39, 0.29) is 50.1 Å². The topological polar surface area (TPSA) is 127 Å². The Morgan fingerprint density at radius 3 is 2.71 bits per heavy atom. The number of hydrogen-bond acceptors (Lipinski definition) is 6. The second kappa shape index (κ2) is 9.40. The molecule has 0 bridgehead atoms. The van der Waals surface area contributed by atoms with Gasteiger partial charge in [0.15, 0.2) is 5.82 Å². The molecule has 38 heavy (non-hydrogen) atoms. The number of benzene rings is 1. The van der Waals surface area contributed by atoms with Crippen LogP contribution in [0.4, 0.5) is 5.69 Å². The second-order valence-corrected chi connectivity index (χ2v) is 10.9. The van der Waals surface area contributed by atoms with Gasteiger partial charge >= 0.3 is 0 Å². The first-order valence-corrected chi connectivity index (χ1v) is 13.3. The molecular weight excluding hydrogens is 597 g/mol. The molecule has 1 aromatic carbocycles. The number of anilines is 1. The molecule has 0 radical (unpaired) electrons. The molecule has 0 unspecified atom stereocenters. The molecule has 6 rings (SSSR count). The molecular formula is C25H20BrCl2N7O3. The zero-order valence-corrected chi connectivity index (χ0v) is 22.8. The van der Waals surface area contributed by atoms with E-state index in [4.69, 9.17) is 27.9 Å². The van der Waals surface area contributed by atoms with Crippen molar-refractivity contribution >= 4 is 67.5 Å². The number of amides is 2. The summed E-state index contributed by atoms with van der Waals surface area (Å²) in [6, 6.07) is 6.32. The number of hydrogen-bond donors (Lipinski definition) is 3. The van der Waals surface area contributed by atoms with Crippen LogP contribution in [-0.2, 0) is 0 Å². The summed E-state index contributed by atoms with van der Waals surface area (Å²) in [5.41, 5.74) is 0.506. The van der Waals surface area contributed by atoms with Crippen LogP contribution < -0.4 is 15.4 Å². The standard InChI is InChI=1S/C25H20BrCl2N7O3/c1-2-38-17-11-16(35(34-17)22-14(27)4-3-9-29-22)23(36)30-20-15(28)10-13-19(32-33-21(13)26)18(20)24(37)31-25(7-8-25)12-5-6-12/h2-4,9-12H,1,5-8H2,(H,30,36)(H,31,37)(H,32,33). The number of aromatic amines is 1. The smallest absolute Gasteiger partial charge is 0.274 e. The van der Waals surface area contributed by atoms with Gasteiger partial charge in [-0.05, 0) is 65.7 Å². The summed E-state index contributed by atoms with van der Waals surface area (Å²) in [5, 5.41) is 18.5. The number of H-pyrrole nitrogens is 1. The van der Waals surface area contributed by atoms with Crippen molar-refractivity contribution in [2.75, 3.05) is 5.32 Å². The minimum absolute atomic E-state index is 0.0461. The summed E-state index contributed by atoms with van der Waals surface area (Å²) >= 11 is 16.4. The van der Waals surface area contributed by atoms with Crippen molar-refractivity contribution in [2.24, 2.45) is 5.92 Å². The third-order valence-electron chi connectivity index (χ3n) is 6.79. The molecule has 2 aliphatic carbocycles. The number of ether oxygens (including phenoxy) is 1. The van der Waals surface area contributed by atoms with E-state index in [1.807, 2.05) is 0 Å². The lowest BCUT2D eigenvalue weighted by Crippen LogP contribution is -2.39. The maximum Gasteiger partial charge on any atom is 0.274 e. The quantitative estimate of drug-likeness (QED) is 0.219. The zero-order valence-electron chi connectivity index (χ0n) is 19.7. The predicted molar refractivity (Wildman–Crippen MR) is 146 cm³/mol. The molecule has 194 valence electrons. The van der Waals surface area contributed by atoms with Gasteiger partial charge in [0, 0.05) is 23.2 Å². The molecule has 0 aliphatic heterocycles. The van der Waals surface area contributed by atoms with Crippen LogP contribution in [0.5, 0.6) is 5.88 Å². The van der Waals surface area contributed by atoms with Gasteiger partial charge in [-0.15, -0.1) is 5.10 Å². The molecule has 2 saturated carbocycles. The summed E-state index contributed by atoms with van der Waals surface area (Å²) in [5.74, 6) is -0.179. The molecule has 3 aromatic heterocycles. The fourth-order valence-corrected chi connectivity index (χ4v) is 5.51. The van der Waals surface area contributed by atoms with E-state index in [0.717, 1.165) is 25.7 Å². The van der Waals surface area contributed by atoms with Crippen molar-refractivity contribution in [2.45, 2.75) is 31.2 Å². The van der Waals surface area contributed by atoms with Gasteiger partial charge in [-0.25, -0.2) is 9.67 Å². The van der Waals surface area contributed by atoms with Crippen LogP contribution in [0.1, 0.15) is 46.5 Å². The maximum atomic E-state index is 13.7. The summed E-state index contributed by atoms with van der Waals surface area (Å²) in [7, 11) is 0. The van der Waals surface area contributed by atoms with Crippen LogP contribution in [0.25, 0.3) is 16.7 Å². The van der Waals surface area contributed by atoms with Crippen LogP contribution in [0, 0.1) is 5.92 Å². The lowest BCUT2D eigenvalue weighted by molar-refractivity contribution is 0.0928. The largest absolute Gasteiger partial charge is 0.446 e. The lowest BCUT2D eigenvalue weighted by atomic mass is 10.1. The average molecular weight is 617 g/mol. The van der Waals surface area contributed by atoms with Crippen molar-refractivity contribution in [3.8, 4) is 11.7 Å². The SMILES string of the molecule is C=COc1cc(C(=O)Nc2c(Cl)cc3c(Br)[nH]nc3c2C(=O)NC2(C3CC3)CC2)n(-c2ncccc2Cl)n1. The Morgan fingerprint density at radius 1 is 1.24 bits per heavy atom. The van der Waals surface area contributed by atoms with E-state index in [9.17, 15) is 9.59 Å². The van der Waals surface area contributed by atoms with Gasteiger partial charge in [0.25, 0.3) is 11.8 Å². The molecule has 2 aliphatic rings. The van der Waals surface area contributed by atoms with E-state index < -0.39 is 5.91 Å². The van der Waals surface area contributed by atoms with Crippen molar-refractivity contribution in [3.05, 3.63) is 69.2 Å². The molecule has 4 aromatic rings. The third kappa shape index (κ3) is 4.34. The first kappa shape index (κ1) is 24.9. The Morgan fingerprint density at radius 2 is 2.03 bits per heavy atom. The highest BCUT2D eigenvalue weighted by Crippen LogP contribution is 2.54. The van der Waals surface area contributed by atoms with Gasteiger partial charge in [-0.2, -0.15) is 5.10 Å². The molecule has 0 spiro atoms. The molecule has 13 heteroatoms. The number of halogens is 3. The molecule has 3 N–H and O–H groups in total. The van der Waals surface area contributed by atoms with Crippen LogP contribution in [0.15, 0.2) is 47.9 Å². The van der Waals surface area contributed by atoms with Crippen LogP contribution in [-0.4, -0.2) is 42.3 Å². The van der Waals surface area contributed by atoms with Gasteiger partial charge in [0.2, 0.25) is 5.88 Å². The van der Waals surface area contributed by atoms with E-state index in [0.29, 0.717) is 21.4 Å². The van der Waals surface area contributed by atoms with E-state index in [1.165, 1.54) is 23.2 Å². The molecule has 2 fully saturated rings. The van der Waals surface area contributed by atoms with Crippen molar-refractivity contribution < 1.29 is 14.3 Å². The Bertz CT molecular complexity index is 1620. The maximum absolute atomic E-state index is 13.7. The number of rotatable bonds is 8. The van der Waals surface area contributed by atoms with Gasteiger partial charge in [0.05, 0.1) is 27.6 Å². The van der Waals surface area contributed by atoms with E-state index >= 15 is 0 Å². The minimum Gasteiger partial charge on any atom is -0.446 e. The summed E-state index contributed by atoms with van der Waals surface area (Å²) in [6.07, 6.45) is 6.75. The van der Waals surface area contributed by atoms with Crippen LogP contribution in [0.2, 0.25) is 10.0 Å². The number of nitrogens with zero attached hydrogens (tertiary/aromatic N) is 4. The Hall–Kier alpha value is -3.41. The van der Waals surface area contributed by atoms with Gasteiger partial charge in [-0.1, -0.05) is 29.8 Å². The highest BCUT2D eigenvalue weighted by atomic mass is 79.9. The number of nitrogens with one attached hydrogen (secondary N) is 3. The van der Waals surface area contributed by atoms with E-state index in [2.05, 4.69) is 53.4 Å². The van der Waals surface area contributed by atoms with Crippen molar-refractivity contribution in [1.82, 2.24) is 30.3 Å². The summed E-state index contributed by atoms with van der Waals surface area (Å²) < 4.78 is 7.12. The van der Waals surface area contributed by atoms with Gasteiger partial charge in [-0.3, -0.25) is 14.7 Å². The number of carbonyl (C=O) groups excluding carboxylic acids is 2. The average Bonchev–Trinajstić information content (AvgIpc) is 3.81. The Kier molecular flexibility index (Phi) is 6.16. The third-order valence-corrected chi connectivity index (χ3v) is 7.99. The Balaban J connectivity index is 1.42. The normalized spacial score (nSPS) is 15.8. The van der Waals surface area contributed by atoms with Crippen LogP contribution >= 0.6 is 39.1 Å². The van der Waals surface area contributed by atoms with Gasteiger partial charge in [0.1, 0.15) is 15.8 Å². The summed E-state index contributed by atoms with van der Waals surface area (Å²) in [6.45, 7) is 3.53. The number of fused-ring (bicyclic) bond motifs is 1. The zero-order chi connectivity index (χ0) is 26.6. The van der Waals surface area contributed by atoms with E-state index in [1.54, 1.807) is 18.2 Å². The molecule has 3 heterocycles. The van der Waals surface area contributed by atoms with Crippen molar-refractivity contribution in [1.29, 1.82) is 0 Å². The minimum atomic E-state index is -0.619. The first-order chi connectivity index (χ1) is 18.3. The Labute approximate surface area is 234 Å². The highest BCUT2D eigenvalue weighted by molar-refractivity contribution is 9.10. The van der Waals surface area contributed by atoms with Crippen LogP contribution in [0.3, 0.4) is 0 Å². The fourth-order valence-electron chi connectivity index (χ4n) is 4.66. The molecule has 10 nitrogen and oxygen atoms in total. The lowest BCUT2D eigenvalue weighted by Gasteiger charge is -2.19. The fraction of sp³-hybridized carbons (Fsp3) is 0.240. The first-order valence-electron chi connectivity index (χ1n) is 11.8. The predicted octanol–water partition coefficient (Wildman–Crippen LogP) is 5.66. The molecule has 0 atom stereocenters.